The van der Waals surface area contributed by atoms with E-state index < -0.39 is 0 Å². The van der Waals surface area contributed by atoms with E-state index in [1.807, 2.05) is 11.4 Å². The number of hydrogen-bond donors (Lipinski definition) is 2. The number of amides is 1. The van der Waals surface area contributed by atoms with Gasteiger partial charge in [0.25, 0.3) is 5.91 Å². The molecule has 26 heavy (non-hydrogen) atoms. The molecule has 2 atom stereocenters. The van der Waals surface area contributed by atoms with Crippen molar-refractivity contribution in [2.75, 3.05) is 25.1 Å². The first kappa shape index (κ1) is 19.4. The molecule has 2 aromatic rings. The van der Waals surface area contributed by atoms with Crippen LogP contribution in [-0.2, 0) is 4.74 Å². The molecule has 1 saturated heterocycles. The number of nitrogens with zero attached hydrogens (tertiary/aromatic N) is 1. The summed E-state index contributed by atoms with van der Waals surface area (Å²) in [4.78, 5) is 13.6. The Morgan fingerprint density at radius 3 is 2.88 bits per heavy atom. The molecule has 0 unspecified atom stereocenters. The maximum atomic E-state index is 12.3. The highest BCUT2D eigenvalue weighted by atomic mass is 35.5. The number of halogens is 1. The molecule has 4 rings (SSSR count). The van der Waals surface area contributed by atoms with E-state index in [2.05, 4.69) is 15.8 Å². The quantitative estimate of drug-likeness (QED) is 0.778. The zero-order valence-corrected chi connectivity index (χ0v) is 16.3. The second-order valence-corrected chi connectivity index (χ2v) is 7.87. The Morgan fingerprint density at radius 2 is 2.15 bits per heavy atom. The SMILES string of the molecule is Cc1cc(NC(=O)c2csc([C@@H]3C[C@H]3NCC3CCOCC3)c2)no1.Cl. The van der Waals surface area contributed by atoms with E-state index in [0.29, 0.717) is 29.1 Å². The van der Waals surface area contributed by atoms with E-state index in [1.54, 1.807) is 24.3 Å². The zero-order valence-electron chi connectivity index (χ0n) is 14.7. The van der Waals surface area contributed by atoms with Crippen molar-refractivity contribution >= 4 is 35.5 Å². The summed E-state index contributed by atoms with van der Waals surface area (Å²) < 4.78 is 10.4. The molecule has 1 saturated carbocycles. The molecule has 0 spiro atoms. The van der Waals surface area contributed by atoms with E-state index in [4.69, 9.17) is 9.26 Å². The van der Waals surface area contributed by atoms with E-state index in [-0.39, 0.29) is 18.3 Å². The van der Waals surface area contributed by atoms with Gasteiger partial charge in [-0.05, 0) is 44.7 Å². The highest BCUT2D eigenvalue weighted by molar-refractivity contribution is 7.10. The Balaban J connectivity index is 0.00000196. The van der Waals surface area contributed by atoms with Crippen LogP contribution in [0.4, 0.5) is 5.82 Å². The van der Waals surface area contributed by atoms with Gasteiger partial charge in [-0.2, -0.15) is 0 Å². The summed E-state index contributed by atoms with van der Waals surface area (Å²) in [6, 6.07) is 4.27. The lowest BCUT2D eigenvalue weighted by Gasteiger charge is -2.22. The van der Waals surface area contributed by atoms with Crippen LogP contribution in [0.15, 0.2) is 22.0 Å². The number of rotatable bonds is 6. The summed E-state index contributed by atoms with van der Waals surface area (Å²) >= 11 is 1.66. The van der Waals surface area contributed by atoms with Crippen molar-refractivity contribution in [3.8, 4) is 0 Å². The number of nitrogens with one attached hydrogen (secondary N) is 2. The molecule has 0 radical (unpaired) electrons. The number of anilines is 1. The number of aromatic nitrogens is 1. The van der Waals surface area contributed by atoms with Crippen molar-refractivity contribution in [3.05, 3.63) is 33.7 Å². The third-order valence-corrected chi connectivity index (χ3v) is 5.98. The fraction of sp³-hybridized carbons (Fsp3) is 0.556. The minimum atomic E-state index is -0.136. The van der Waals surface area contributed by atoms with Gasteiger partial charge in [-0.15, -0.1) is 23.7 Å². The van der Waals surface area contributed by atoms with Crippen LogP contribution in [0.3, 0.4) is 0 Å². The average molecular weight is 398 g/mol. The molecular weight excluding hydrogens is 374 g/mol. The van der Waals surface area contributed by atoms with Gasteiger partial charge < -0.3 is 19.9 Å². The molecule has 0 bridgehead atoms. The topological polar surface area (TPSA) is 76.4 Å². The fourth-order valence-electron chi connectivity index (χ4n) is 3.28. The van der Waals surface area contributed by atoms with Gasteiger partial charge in [0.2, 0.25) is 0 Å². The van der Waals surface area contributed by atoms with Crippen molar-refractivity contribution in [1.82, 2.24) is 10.5 Å². The highest BCUT2D eigenvalue weighted by Crippen LogP contribution is 2.43. The molecule has 2 fully saturated rings. The maximum Gasteiger partial charge on any atom is 0.257 e. The maximum absolute atomic E-state index is 12.3. The second-order valence-electron chi connectivity index (χ2n) is 6.93. The minimum Gasteiger partial charge on any atom is -0.381 e. The fourth-order valence-corrected chi connectivity index (χ4v) is 4.35. The van der Waals surface area contributed by atoms with E-state index in [0.717, 1.165) is 44.9 Å². The summed E-state index contributed by atoms with van der Waals surface area (Å²) in [6.45, 7) is 4.67. The number of aryl methyl sites for hydroxylation is 1. The summed E-state index contributed by atoms with van der Waals surface area (Å²) in [5.41, 5.74) is 0.690. The van der Waals surface area contributed by atoms with Crippen LogP contribution in [0.25, 0.3) is 0 Å². The van der Waals surface area contributed by atoms with Gasteiger partial charge in [0, 0.05) is 41.5 Å². The van der Waals surface area contributed by atoms with Crippen LogP contribution >= 0.6 is 23.7 Å². The van der Waals surface area contributed by atoms with Crippen molar-refractivity contribution < 1.29 is 14.1 Å². The monoisotopic (exact) mass is 397 g/mol. The molecule has 1 amide bonds. The Hall–Kier alpha value is -1.41. The minimum absolute atomic E-state index is 0. The second kappa shape index (κ2) is 8.52. The predicted octanol–water partition coefficient (Wildman–Crippen LogP) is 3.59. The Kier molecular flexibility index (Phi) is 6.34. The molecule has 142 valence electrons. The lowest BCUT2D eigenvalue weighted by atomic mass is 10.0. The highest BCUT2D eigenvalue weighted by Gasteiger charge is 2.39. The van der Waals surface area contributed by atoms with Gasteiger partial charge in [0.15, 0.2) is 5.82 Å². The van der Waals surface area contributed by atoms with Crippen LogP contribution in [0, 0.1) is 12.8 Å². The van der Waals surface area contributed by atoms with E-state index >= 15 is 0 Å². The smallest absolute Gasteiger partial charge is 0.257 e. The van der Waals surface area contributed by atoms with E-state index in [9.17, 15) is 4.79 Å². The summed E-state index contributed by atoms with van der Waals surface area (Å²) in [7, 11) is 0. The number of carbonyl (C=O) groups is 1. The van der Waals surface area contributed by atoms with Gasteiger partial charge in [0.1, 0.15) is 5.76 Å². The van der Waals surface area contributed by atoms with Crippen LogP contribution in [-0.4, -0.2) is 36.9 Å². The molecular formula is C18H24ClN3O3S. The van der Waals surface area contributed by atoms with Crippen LogP contribution in [0.1, 0.15) is 46.2 Å². The first-order valence-corrected chi connectivity index (χ1v) is 9.71. The van der Waals surface area contributed by atoms with Gasteiger partial charge in [-0.3, -0.25) is 4.79 Å². The molecule has 1 aliphatic carbocycles. The van der Waals surface area contributed by atoms with Crippen LogP contribution < -0.4 is 10.6 Å². The molecule has 6 nitrogen and oxygen atoms in total. The molecule has 0 aromatic carbocycles. The molecule has 2 aromatic heterocycles. The normalized spacial score (nSPS) is 22.7. The lowest BCUT2D eigenvalue weighted by molar-refractivity contribution is 0.0662. The van der Waals surface area contributed by atoms with Gasteiger partial charge in [-0.25, -0.2) is 0 Å². The zero-order chi connectivity index (χ0) is 17.2. The first-order valence-electron chi connectivity index (χ1n) is 8.83. The molecule has 2 aliphatic rings. The Morgan fingerprint density at radius 1 is 1.35 bits per heavy atom. The Labute approximate surface area is 163 Å². The standard InChI is InChI=1S/C18H23N3O3S.ClH/c1-11-6-17(21-24-11)20-18(22)13-7-16(25-10-13)14-8-15(14)19-9-12-2-4-23-5-3-12;/h6-7,10,12,14-15,19H,2-5,8-9H2,1H3,(H,20,21,22);1H/t14-,15-;/m1./s1. The van der Waals surface area contributed by atoms with Gasteiger partial charge >= 0.3 is 0 Å². The largest absolute Gasteiger partial charge is 0.381 e. The number of thiophene rings is 1. The Bertz CT molecular complexity index is 742. The van der Waals surface area contributed by atoms with Crippen molar-refractivity contribution in [3.63, 3.8) is 0 Å². The number of ether oxygens (including phenoxy) is 1. The molecule has 2 N–H and O–H groups in total. The summed E-state index contributed by atoms with van der Waals surface area (Å²) in [6.07, 6.45) is 3.48. The third kappa shape index (κ3) is 4.65. The number of hydrogen-bond acceptors (Lipinski definition) is 6. The summed E-state index contributed by atoms with van der Waals surface area (Å²) in [5, 5.41) is 12.2. The molecule has 8 heteroatoms. The summed E-state index contributed by atoms with van der Waals surface area (Å²) in [5.74, 6) is 2.28. The average Bonchev–Trinajstić information content (AvgIpc) is 3.02. The number of carbonyl (C=O) groups excluding carboxylic acids is 1. The van der Waals surface area contributed by atoms with Crippen LogP contribution in [0.5, 0.6) is 0 Å². The lowest BCUT2D eigenvalue weighted by Crippen LogP contribution is -2.29. The molecule has 1 aliphatic heterocycles. The molecule has 3 heterocycles. The van der Waals surface area contributed by atoms with E-state index in [1.165, 1.54) is 4.88 Å². The van der Waals surface area contributed by atoms with Gasteiger partial charge in [0.05, 0.1) is 5.56 Å². The first-order chi connectivity index (χ1) is 12.2. The van der Waals surface area contributed by atoms with Gasteiger partial charge in [-0.1, -0.05) is 5.16 Å². The van der Waals surface area contributed by atoms with Crippen molar-refractivity contribution in [2.45, 2.75) is 38.1 Å². The van der Waals surface area contributed by atoms with Crippen molar-refractivity contribution in [2.24, 2.45) is 5.92 Å². The third-order valence-electron chi connectivity index (χ3n) is 4.92. The predicted molar refractivity (Wildman–Crippen MR) is 103 cm³/mol. The van der Waals surface area contributed by atoms with Crippen LogP contribution in [0.2, 0.25) is 0 Å². The van der Waals surface area contributed by atoms with Crippen molar-refractivity contribution in [1.29, 1.82) is 0 Å².